The Labute approximate surface area is 310 Å². The number of hydrogen-bond acceptors (Lipinski definition) is 9. The summed E-state index contributed by atoms with van der Waals surface area (Å²) in [5.41, 5.74) is 3.53. The zero-order valence-corrected chi connectivity index (χ0v) is 30.6. The highest BCUT2D eigenvalue weighted by atomic mass is 32.1. The van der Waals surface area contributed by atoms with Crippen molar-refractivity contribution in [3.05, 3.63) is 157 Å². The Morgan fingerprint density at radius 1 is 0.792 bits per heavy atom. The number of methoxy groups -OCH3 is 2. The fourth-order valence-corrected chi connectivity index (χ4v) is 7.51. The molecule has 0 unspecified atom stereocenters. The van der Waals surface area contributed by atoms with Gasteiger partial charge in [0.15, 0.2) is 27.8 Å². The molecule has 1 aliphatic rings. The molecular weight excluding hydrogens is 689 g/mol. The predicted octanol–water partition coefficient (Wildman–Crippen LogP) is 7.08. The van der Waals surface area contributed by atoms with Crippen LogP contribution in [0.5, 0.6) is 23.0 Å². The SMILES string of the molecule is CCOC(=O)C1=C(c2ccccc2)N=c2s/c(=C\c3ccc(OCc4cccc5ccccc45)c(OCC)c3)c(=O)n2[C@H]1c1ccc(OC)c(OC)c1. The van der Waals surface area contributed by atoms with E-state index in [0.717, 1.165) is 27.5 Å². The Morgan fingerprint density at radius 2 is 1.55 bits per heavy atom. The van der Waals surface area contributed by atoms with Crippen molar-refractivity contribution in [2.45, 2.75) is 26.5 Å². The van der Waals surface area contributed by atoms with Crippen LogP contribution in [0.2, 0.25) is 0 Å². The van der Waals surface area contributed by atoms with Crippen LogP contribution in [-0.4, -0.2) is 38.0 Å². The Hall–Kier alpha value is -6.13. The number of benzene rings is 5. The van der Waals surface area contributed by atoms with Gasteiger partial charge < -0.3 is 23.7 Å². The fourth-order valence-electron chi connectivity index (χ4n) is 6.51. The Balaban J connectivity index is 1.34. The number of ether oxygens (including phenoxy) is 5. The third-order valence-corrected chi connectivity index (χ3v) is 9.91. The van der Waals surface area contributed by atoms with Gasteiger partial charge in [0.05, 0.1) is 49.3 Å². The van der Waals surface area contributed by atoms with Crippen molar-refractivity contribution in [2.24, 2.45) is 4.99 Å². The van der Waals surface area contributed by atoms with Gasteiger partial charge in [0.1, 0.15) is 6.61 Å². The minimum Gasteiger partial charge on any atom is -0.493 e. The molecule has 268 valence electrons. The molecule has 1 aromatic heterocycles. The number of thiazole rings is 1. The molecule has 10 heteroatoms. The van der Waals surface area contributed by atoms with E-state index in [2.05, 4.69) is 24.3 Å². The van der Waals surface area contributed by atoms with Crippen LogP contribution >= 0.6 is 11.3 Å². The van der Waals surface area contributed by atoms with Gasteiger partial charge in [0.25, 0.3) is 5.56 Å². The third kappa shape index (κ3) is 7.05. The average Bonchev–Trinajstić information content (AvgIpc) is 3.50. The molecular formula is C43H38N2O7S. The minimum absolute atomic E-state index is 0.150. The van der Waals surface area contributed by atoms with E-state index in [1.54, 1.807) is 37.8 Å². The number of rotatable bonds is 12. The van der Waals surface area contributed by atoms with E-state index < -0.39 is 12.0 Å². The van der Waals surface area contributed by atoms with Crippen molar-refractivity contribution in [1.29, 1.82) is 0 Å². The second-order valence-electron chi connectivity index (χ2n) is 12.1. The maximum atomic E-state index is 14.5. The number of nitrogens with zero attached hydrogens (tertiary/aromatic N) is 2. The lowest BCUT2D eigenvalue weighted by Gasteiger charge is -2.26. The number of esters is 1. The molecule has 1 aliphatic heterocycles. The largest absolute Gasteiger partial charge is 0.493 e. The van der Waals surface area contributed by atoms with Crippen LogP contribution in [-0.2, 0) is 16.1 Å². The van der Waals surface area contributed by atoms with Gasteiger partial charge in [-0.25, -0.2) is 9.79 Å². The van der Waals surface area contributed by atoms with Crippen LogP contribution in [0.3, 0.4) is 0 Å². The van der Waals surface area contributed by atoms with E-state index >= 15 is 0 Å². The zero-order chi connectivity index (χ0) is 36.9. The lowest BCUT2D eigenvalue weighted by molar-refractivity contribution is -0.138. The van der Waals surface area contributed by atoms with Crippen molar-refractivity contribution in [2.75, 3.05) is 27.4 Å². The maximum absolute atomic E-state index is 14.5. The summed E-state index contributed by atoms with van der Waals surface area (Å²) in [5, 5.41) is 2.28. The summed E-state index contributed by atoms with van der Waals surface area (Å²) < 4.78 is 31.0. The summed E-state index contributed by atoms with van der Waals surface area (Å²) in [6.45, 7) is 4.61. The predicted molar refractivity (Wildman–Crippen MR) is 206 cm³/mol. The van der Waals surface area contributed by atoms with E-state index in [0.29, 0.717) is 56.8 Å². The average molecular weight is 727 g/mol. The van der Waals surface area contributed by atoms with E-state index in [9.17, 15) is 9.59 Å². The maximum Gasteiger partial charge on any atom is 0.338 e. The summed E-state index contributed by atoms with van der Waals surface area (Å²) >= 11 is 1.24. The van der Waals surface area contributed by atoms with Crippen LogP contribution in [0.1, 0.15) is 42.1 Å². The number of aromatic nitrogens is 1. The van der Waals surface area contributed by atoms with Gasteiger partial charge in [-0.1, -0.05) is 96.3 Å². The van der Waals surface area contributed by atoms with E-state index in [1.165, 1.54) is 11.3 Å². The number of fused-ring (bicyclic) bond motifs is 2. The normalized spacial score (nSPS) is 14.0. The zero-order valence-electron chi connectivity index (χ0n) is 29.8. The second-order valence-corrected chi connectivity index (χ2v) is 13.1. The van der Waals surface area contributed by atoms with Crippen LogP contribution in [0, 0.1) is 0 Å². The first-order valence-electron chi connectivity index (χ1n) is 17.3. The molecule has 0 radical (unpaired) electrons. The first kappa shape index (κ1) is 35.3. The lowest BCUT2D eigenvalue weighted by atomic mass is 9.93. The smallest absolute Gasteiger partial charge is 0.338 e. The fraction of sp³-hybridized carbons (Fsp3) is 0.186. The molecule has 5 aromatic carbocycles. The van der Waals surface area contributed by atoms with Gasteiger partial charge in [-0.05, 0) is 71.7 Å². The quantitative estimate of drug-likeness (QED) is 0.124. The summed E-state index contributed by atoms with van der Waals surface area (Å²) in [5.74, 6) is 1.57. The molecule has 1 atom stereocenters. The molecule has 2 heterocycles. The number of carbonyl (C=O) groups is 1. The van der Waals surface area contributed by atoms with Crippen molar-refractivity contribution >= 4 is 39.9 Å². The first-order valence-corrected chi connectivity index (χ1v) is 18.1. The minimum atomic E-state index is -0.869. The lowest BCUT2D eigenvalue weighted by Crippen LogP contribution is -2.40. The highest BCUT2D eigenvalue weighted by Gasteiger charge is 2.35. The Bertz CT molecular complexity index is 2520. The summed E-state index contributed by atoms with van der Waals surface area (Å²) in [6, 6.07) is 33.9. The molecule has 0 amide bonds. The number of carbonyl (C=O) groups excluding carboxylic acids is 1. The molecule has 6 aromatic rings. The van der Waals surface area contributed by atoms with Crippen molar-refractivity contribution < 1.29 is 28.5 Å². The Kier molecular flexibility index (Phi) is 10.4. The molecule has 0 aliphatic carbocycles. The van der Waals surface area contributed by atoms with Crippen LogP contribution < -0.4 is 33.8 Å². The van der Waals surface area contributed by atoms with Crippen molar-refractivity contribution in [3.8, 4) is 23.0 Å². The molecule has 0 saturated carbocycles. The standard InChI is InChI=1S/C43H38N2O7S/c1-5-50-36-23-27(19-21-34(36)52-26-31-17-12-16-28-13-10-11-18-32(28)31)24-37-41(46)45-40(30-20-22-33(48-3)35(25-30)49-4)38(42(47)51-6-2)39(44-43(45)53-37)29-14-8-7-9-15-29/h7-25,40H,5-6,26H2,1-4H3/b37-24-/t40-/m0/s1. The van der Waals surface area contributed by atoms with Crippen LogP contribution in [0.25, 0.3) is 22.5 Å². The van der Waals surface area contributed by atoms with Gasteiger partial charge in [0.2, 0.25) is 0 Å². The topological polar surface area (TPSA) is 97.6 Å². The molecule has 0 fully saturated rings. The highest BCUT2D eigenvalue weighted by molar-refractivity contribution is 7.07. The summed E-state index contributed by atoms with van der Waals surface area (Å²) in [7, 11) is 3.10. The third-order valence-electron chi connectivity index (χ3n) is 8.93. The Morgan fingerprint density at radius 3 is 2.32 bits per heavy atom. The van der Waals surface area contributed by atoms with Gasteiger partial charge in [-0.3, -0.25) is 9.36 Å². The molecule has 0 spiro atoms. The van der Waals surface area contributed by atoms with Gasteiger partial charge in [-0.15, -0.1) is 0 Å². The molecule has 0 bridgehead atoms. The molecule has 0 N–H and O–H groups in total. The molecule has 53 heavy (non-hydrogen) atoms. The van der Waals surface area contributed by atoms with E-state index in [4.69, 9.17) is 28.7 Å². The van der Waals surface area contributed by atoms with Crippen molar-refractivity contribution in [1.82, 2.24) is 4.57 Å². The molecule has 0 saturated heterocycles. The van der Waals surface area contributed by atoms with Crippen LogP contribution in [0.4, 0.5) is 0 Å². The monoisotopic (exact) mass is 726 g/mol. The van der Waals surface area contributed by atoms with Gasteiger partial charge in [0, 0.05) is 5.56 Å². The van der Waals surface area contributed by atoms with E-state index in [-0.39, 0.29) is 17.7 Å². The molecule has 9 nitrogen and oxygen atoms in total. The summed E-state index contributed by atoms with van der Waals surface area (Å²) in [6.07, 6.45) is 1.81. The summed E-state index contributed by atoms with van der Waals surface area (Å²) in [4.78, 5) is 33.7. The van der Waals surface area contributed by atoms with Gasteiger partial charge >= 0.3 is 5.97 Å². The number of hydrogen-bond donors (Lipinski definition) is 0. The second kappa shape index (κ2) is 15.6. The van der Waals surface area contributed by atoms with E-state index in [1.807, 2.05) is 85.8 Å². The van der Waals surface area contributed by atoms with Gasteiger partial charge in [-0.2, -0.15) is 0 Å². The van der Waals surface area contributed by atoms with Crippen molar-refractivity contribution in [3.63, 3.8) is 0 Å². The first-order chi connectivity index (χ1) is 25.9. The highest BCUT2D eigenvalue weighted by Crippen LogP contribution is 2.38. The molecule has 7 rings (SSSR count). The van der Waals surface area contributed by atoms with Crippen LogP contribution in [0.15, 0.2) is 125 Å².